The maximum atomic E-state index is 11.6. The molecule has 0 amide bonds. The van der Waals surface area contributed by atoms with Crippen LogP contribution in [-0.2, 0) is 23.9 Å². The van der Waals surface area contributed by atoms with Gasteiger partial charge in [0.2, 0.25) is 0 Å². The van der Waals surface area contributed by atoms with Crippen LogP contribution in [0.2, 0.25) is 0 Å². The van der Waals surface area contributed by atoms with Crippen molar-refractivity contribution in [3.05, 3.63) is 23.3 Å². The molecule has 0 fully saturated rings. The highest BCUT2D eigenvalue weighted by Crippen LogP contribution is 2.16. The number of carbonyl (C=O) groups excluding carboxylic acids is 2. The summed E-state index contributed by atoms with van der Waals surface area (Å²) >= 11 is 0. The molecular formula is C13H18O6. The lowest BCUT2D eigenvalue weighted by Gasteiger charge is -2.08. The third-order valence-electron chi connectivity index (χ3n) is 2.27. The van der Waals surface area contributed by atoms with Gasteiger partial charge in [0.25, 0.3) is 0 Å². The molecule has 0 aliphatic carbocycles. The third-order valence-corrected chi connectivity index (χ3v) is 2.27. The number of rotatable bonds is 7. The standard InChI is InChI=1S/C13H18O6/c1-4-5-6-9(12(16)18-2)10(13(17)19-3)7-8-11(14)15/h5-6H,4,7-8H2,1-3H3,(H,14,15)/b6-5+,10-9-. The Kier molecular flexibility index (Phi) is 7.92. The molecule has 0 bridgehead atoms. The maximum absolute atomic E-state index is 11.6. The molecule has 0 saturated carbocycles. The molecule has 0 aliphatic rings. The van der Waals surface area contributed by atoms with Crippen LogP contribution in [0.1, 0.15) is 26.2 Å². The van der Waals surface area contributed by atoms with Crippen LogP contribution in [0.5, 0.6) is 0 Å². The van der Waals surface area contributed by atoms with E-state index in [9.17, 15) is 14.4 Å². The Morgan fingerprint density at radius 2 is 1.63 bits per heavy atom. The summed E-state index contributed by atoms with van der Waals surface area (Å²) in [7, 11) is 2.36. The monoisotopic (exact) mass is 270 g/mol. The van der Waals surface area contributed by atoms with E-state index in [-0.39, 0.29) is 24.0 Å². The highest BCUT2D eigenvalue weighted by molar-refractivity contribution is 6.02. The first-order valence-electron chi connectivity index (χ1n) is 5.76. The molecule has 0 heterocycles. The molecule has 0 unspecified atom stereocenters. The lowest BCUT2D eigenvalue weighted by atomic mass is 10.0. The molecule has 0 saturated heterocycles. The van der Waals surface area contributed by atoms with Gasteiger partial charge in [0.1, 0.15) is 0 Å². The fourth-order valence-electron chi connectivity index (χ4n) is 1.34. The van der Waals surface area contributed by atoms with E-state index in [1.165, 1.54) is 20.3 Å². The summed E-state index contributed by atoms with van der Waals surface area (Å²) in [5.41, 5.74) is 0.0268. The Balaban J connectivity index is 5.53. The zero-order chi connectivity index (χ0) is 14.8. The topological polar surface area (TPSA) is 89.9 Å². The number of carbonyl (C=O) groups is 3. The summed E-state index contributed by atoms with van der Waals surface area (Å²) in [5, 5.41) is 8.66. The van der Waals surface area contributed by atoms with E-state index in [4.69, 9.17) is 5.11 Å². The second-order valence-corrected chi connectivity index (χ2v) is 3.58. The summed E-state index contributed by atoms with van der Waals surface area (Å²) < 4.78 is 9.16. The Morgan fingerprint density at radius 1 is 1.05 bits per heavy atom. The molecule has 0 aliphatic heterocycles. The van der Waals surface area contributed by atoms with Crippen molar-refractivity contribution >= 4 is 17.9 Å². The first-order chi connectivity index (χ1) is 8.97. The van der Waals surface area contributed by atoms with Crippen LogP contribution >= 0.6 is 0 Å². The molecule has 0 atom stereocenters. The van der Waals surface area contributed by atoms with Crippen LogP contribution in [0.25, 0.3) is 0 Å². The average Bonchev–Trinajstić information content (AvgIpc) is 2.40. The fourth-order valence-corrected chi connectivity index (χ4v) is 1.34. The van der Waals surface area contributed by atoms with Gasteiger partial charge in [0.05, 0.1) is 25.4 Å². The normalized spacial score (nSPS) is 11.9. The van der Waals surface area contributed by atoms with E-state index >= 15 is 0 Å². The first-order valence-corrected chi connectivity index (χ1v) is 5.76. The molecule has 0 radical (unpaired) electrons. The Labute approximate surface area is 111 Å². The van der Waals surface area contributed by atoms with E-state index in [1.807, 2.05) is 6.92 Å². The summed E-state index contributed by atoms with van der Waals surface area (Å²) in [6.07, 6.45) is 3.41. The number of methoxy groups -OCH3 is 2. The van der Waals surface area contributed by atoms with Gasteiger partial charge in [0.15, 0.2) is 0 Å². The van der Waals surface area contributed by atoms with E-state index < -0.39 is 17.9 Å². The highest BCUT2D eigenvalue weighted by Gasteiger charge is 2.21. The van der Waals surface area contributed by atoms with Crippen molar-refractivity contribution in [1.82, 2.24) is 0 Å². The van der Waals surface area contributed by atoms with Crippen LogP contribution in [-0.4, -0.2) is 37.2 Å². The van der Waals surface area contributed by atoms with Crippen molar-refractivity contribution in [3.8, 4) is 0 Å². The molecule has 1 N–H and O–H groups in total. The largest absolute Gasteiger partial charge is 0.481 e. The Morgan fingerprint density at radius 3 is 2.05 bits per heavy atom. The molecule has 0 aromatic heterocycles. The van der Waals surface area contributed by atoms with E-state index in [0.717, 1.165) is 0 Å². The van der Waals surface area contributed by atoms with Crippen LogP contribution in [0.3, 0.4) is 0 Å². The Hall–Kier alpha value is -2.11. The van der Waals surface area contributed by atoms with Gasteiger partial charge in [-0.15, -0.1) is 0 Å². The summed E-state index contributed by atoms with van der Waals surface area (Å²) in [4.78, 5) is 33.9. The van der Waals surface area contributed by atoms with Crippen molar-refractivity contribution in [2.75, 3.05) is 14.2 Å². The fraction of sp³-hybridized carbons (Fsp3) is 0.462. The number of hydrogen-bond acceptors (Lipinski definition) is 5. The molecule has 0 rings (SSSR count). The molecule has 106 valence electrons. The third kappa shape index (κ3) is 5.85. The zero-order valence-electron chi connectivity index (χ0n) is 11.3. The molecule has 0 spiro atoms. The second-order valence-electron chi connectivity index (χ2n) is 3.58. The molecule has 0 aromatic rings. The van der Waals surface area contributed by atoms with Gasteiger partial charge in [-0.05, 0) is 12.8 Å². The number of carboxylic acids is 1. The summed E-state index contributed by atoms with van der Waals surface area (Å²) in [6, 6.07) is 0. The number of esters is 2. The van der Waals surface area contributed by atoms with Gasteiger partial charge in [-0.25, -0.2) is 9.59 Å². The average molecular weight is 270 g/mol. The smallest absolute Gasteiger partial charge is 0.338 e. The maximum Gasteiger partial charge on any atom is 0.338 e. The molecule has 0 aromatic carbocycles. The minimum atomic E-state index is -1.06. The van der Waals surface area contributed by atoms with E-state index in [1.54, 1.807) is 6.08 Å². The predicted molar refractivity (Wildman–Crippen MR) is 67.4 cm³/mol. The number of hydrogen-bond donors (Lipinski definition) is 1. The van der Waals surface area contributed by atoms with Crippen molar-refractivity contribution in [3.63, 3.8) is 0 Å². The number of aliphatic carboxylic acids is 1. The van der Waals surface area contributed by atoms with E-state index in [0.29, 0.717) is 6.42 Å². The van der Waals surface area contributed by atoms with Crippen LogP contribution in [0, 0.1) is 0 Å². The van der Waals surface area contributed by atoms with Gasteiger partial charge in [0, 0.05) is 6.42 Å². The van der Waals surface area contributed by atoms with Crippen LogP contribution in [0.15, 0.2) is 23.3 Å². The van der Waals surface area contributed by atoms with Gasteiger partial charge < -0.3 is 14.6 Å². The number of allylic oxidation sites excluding steroid dienone is 1. The van der Waals surface area contributed by atoms with E-state index in [2.05, 4.69) is 9.47 Å². The zero-order valence-corrected chi connectivity index (χ0v) is 11.3. The summed E-state index contributed by atoms with van der Waals surface area (Å²) in [5.74, 6) is -2.50. The first kappa shape index (κ1) is 16.9. The number of ether oxygens (including phenoxy) is 2. The SMILES string of the molecule is CC/C=C/C(C(=O)OC)=C(\CCC(=O)O)C(=O)OC. The van der Waals surface area contributed by atoms with Gasteiger partial charge >= 0.3 is 17.9 Å². The van der Waals surface area contributed by atoms with Gasteiger partial charge in [-0.1, -0.05) is 19.1 Å². The summed E-state index contributed by atoms with van der Waals surface area (Å²) in [6.45, 7) is 1.86. The van der Waals surface area contributed by atoms with Crippen molar-refractivity contribution in [2.45, 2.75) is 26.2 Å². The minimum absolute atomic E-state index is 0.00134. The molecular weight excluding hydrogens is 252 g/mol. The van der Waals surface area contributed by atoms with Crippen LogP contribution < -0.4 is 0 Å². The predicted octanol–water partition coefficient (Wildman–Crippen LogP) is 1.46. The molecule has 19 heavy (non-hydrogen) atoms. The highest BCUT2D eigenvalue weighted by atomic mass is 16.5. The molecule has 6 heteroatoms. The molecule has 6 nitrogen and oxygen atoms in total. The van der Waals surface area contributed by atoms with Crippen molar-refractivity contribution < 1.29 is 29.0 Å². The lowest BCUT2D eigenvalue weighted by Crippen LogP contribution is -2.15. The van der Waals surface area contributed by atoms with Crippen molar-refractivity contribution in [1.29, 1.82) is 0 Å². The second kappa shape index (κ2) is 8.91. The quantitative estimate of drug-likeness (QED) is 0.428. The van der Waals surface area contributed by atoms with Gasteiger partial charge in [-0.2, -0.15) is 0 Å². The number of carboxylic acid groups (broad SMARTS) is 1. The lowest BCUT2D eigenvalue weighted by molar-refractivity contribution is -0.140. The van der Waals surface area contributed by atoms with Crippen molar-refractivity contribution in [2.24, 2.45) is 0 Å². The van der Waals surface area contributed by atoms with Gasteiger partial charge in [-0.3, -0.25) is 4.79 Å². The Bertz CT molecular complexity index is 405. The minimum Gasteiger partial charge on any atom is -0.481 e. The van der Waals surface area contributed by atoms with Crippen LogP contribution in [0.4, 0.5) is 0 Å².